The number of thiazole rings is 1. The molecule has 0 unspecified atom stereocenters. The number of carboxylic acids is 1. The molecule has 0 aliphatic heterocycles. The van der Waals surface area contributed by atoms with Crippen LogP contribution in [0, 0.1) is 0 Å². The Balaban J connectivity index is 1.90. The highest BCUT2D eigenvalue weighted by atomic mass is 32.1. The molecule has 0 amide bonds. The van der Waals surface area contributed by atoms with E-state index in [1.165, 1.54) is 17.4 Å². The molecule has 3 aromatic heterocycles. The molecule has 0 atom stereocenters. The third-order valence-electron chi connectivity index (χ3n) is 2.58. The van der Waals surface area contributed by atoms with Crippen molar-refractivity contribution in [2.75, 3.05) is 0 Å². The van der Waals surface area contributed by atoms with E-state index in [0.717, 1.165) is 15.9 Å². The minimum absolute atomic E-state index is 0.427. The van der Waals surface area contributed by atoms with E-state index in [0.29, 0.717) is 18.2 Å². The lowest BCUT2D eigenvalue weighted by Crippen LogP contribution is -1.96. The molecule has 3 aromatic rings. The average molecular weight is 306 g/mol. The Bertz CT molecular complexity index is 756. The van der Waals surface area contributed by atoms with Gasteiger partial charge in [0.1, 0.15) is 12.3 Å². The molecule has 0 fully saturated rings. The normalized spacial score (nSPS) is 11.4. The zero-order chi connectivity index (χ0) is 13.9. The van der Waals surface area contributed by atoms with Crippen LogP contribution in [0.5, 0.6) is 5.88 Å². The third kappa shape index (κ3) is 2.59. The van der Waals surface area contributed by atoms with E-state index in [1.807, 2.05) is 33.5 Å². The van der Waals surface area contributed by atoms with Crippen LogP contribution in [0.4, 0.5) is 0 Å². The summed E-state index contributed by atoms with van der Waals surface area (Å²) in [4.78, 5) is 16.9. The zero-order valence-electron chi connectivity index (χ0n) is 10.2. The van der Waals surface area contributed by atoms with Crippen LogP contribution in [0.15, 0.2) is 35.2 Å². The summed E-state index contributed by atoms with van der Waals surface area (Å²) in [6.45, 7) is 0.427. The van der Waals surface area contributed by atoms with Crippen LogP contribution in [0.1, 0.15) is 10.6 Å². The number of imidazole rings is 1. The fourth-order valence-corrected chi connectivity index (χ4v) is 3.05. The predicted octanol–water partition coefficient (Wildman–Crippen LogP) is 3.13. The van der Waals surface area contributed by atoms with Crippen molar-refractivity contribution in [1.82, 2.24) is 9.38 Å². The Labute approximate surface area is 122 Å². The molecule has 0 saturated heterocycles. The Morgan fingerprint density at radius 1 is 1.45 bits per heavy atom. The first-order valence-electron chi connectivity index (χ1n) is 5.76. The number of carbonyl (C=O) groups is 1. The smallest absolute Gasteiger partial charge is 0.328 e. The first-order chi connectivity index (χ1) is 9.74. The lowest BCUT2D eigenvalue weighted by Gasteiger charge is -2.02. The summed E-state index contributed by atoms with van der Waals surface area (Å²) in [5.41, 5.74) is 0.639. The molecule has 7 heteroatoms. The molecule has 0 aliphatic rings. The maximum Gasteiger partial charge on any atom is 0.328 e. The number of hydrogen-bond donors (Lipinski definition) is 1. The highest BCUT2D eigenvalue weighted by Gasteiger charge is 2.12. The van der Waals surface area contributed by atoms with E-state index in [4.69, 9.17) is 9.84 Å². The Kier molecular flexibility index (Phi) is 3.53. The fraction of sp³-hybridized carbons (Fsp3) is 0.0769. The Hall–Kier alpha value is -2.12. The van der Waals surface area contributed by atoms with Gasteiger partial charge in [-0.1, -0.05) is 6.07 Å². The van der Waals surface area contributed by atoms with Crippen LogP contribution in [-0.2, 0) is 11.4 Å². The molecule has 1 N–H and O–H groups in total. The molecule has 0 aromatic carbocycles. The number of fused-ring (bicyclic) bond motifs is 1. The Morgan fingerprint density at radius 3 is 3.10 bits per heavy atom. The van der Waals surface area contributed by atoms with E-state index >= 15 is 0 Å². The minimum atomic E-state index is -1.00. The quantitative estimate of drug-likeness (QED) is 0.736. The highest BCUT2D eigenvalue weighted by Crippen LogP contribution is 2.25. The van der Waals surface area contributed by atoms with Crippen LogP contribution >= 0.6 is 22.7 Å². The van der Waals surface area contributed by atoms with Crippen molar-refractivity contribution in [2.24, 2.45) is 0 Å². The van der Waals surface area contributed by atoms with Crippen LogP contribution < -0.4 is 4.74 Å². The molecule has 20 heavy (non-hydrogen) atoms. The summed E-state index contributed by atoms with van der Waals surface area (Å²) in [7, 11) is 0. The molecule has 0 bridgehead atoms. The van der Waals surface area contributed by atoms with Crippen LogP contribution in [0.25, 0.3) is 11.0 Å². The van der Waals surface area contributed by atoms with Gasteiger partial charge < -0.3 is 9.84 Å². The van der Waals surface area contributed by atoms with Gasteiger partial charge in [0.05, 0.1) is 0 Å². The second-order valence-electron chi connectivity index (χ2n) is 3.90. The van der Waals surface area contributed by atoms with Gasteiger partial charge in [0.25, 0.3) is 0 Å². The van der Waals surface area contributed by atoms with Gasteiger partial charge in [0.2, 0.25) is 5.88 Å². The van der Waals surface area contributed by atoms with E-state index in [-0.39, 0.29) is 0 Å². The summed E-state index contributed by atoms with van der Waals surface area (Å²) in [5.74, 6) is -0.554. The molecule has 102 valence electrons. The molecule has 0 spiro atoms. The van der Waals surface area contributed by atoms with Crippen LogP contribution in [0.3, 0.4) is 0 Å². The van der Waals surface area contributed by atoms with E-state index in [1.54, 1.807) is 11.3 Å². The molecule has 3 rings (SSSR count). The van der Waals surface area contributed by atoms with Crippen LogP contribution in [-0.4, -0.2) is 20.5 Å². The lowest BCUT2D eigenvalue weighted by molar-refractivity contribution is -0.131. The van der Waals surface area contributed by atoms with Gasteiger partial charge in [0, 0.05) is 22.5 Å². The SMILES string of the molecule is O=C(O)C=Cc1c(OCc2cccs2)nc2sccn12. The maximum absolute atomic E-state index is 10.7. The molecular weight excluding hydrogens is 296 g/mol. The van der Waals surface area contributed by atoms with Crippen molar-refractivity contribution in [3.05, 3.63) is 45.7 Å². The van der Waals surface area contributed by atoms with Crippen molar-refractivity contribution in [1.29, 1.82) is 0 Å². The van der Waals surface area contributed by atoms with Gasteiger partial charge in [-0.05, 0) is 17.5 Å². The predicted molar refractivity (Wildman–Crippen MR) is 78.4 cm³/mol. The average Bonchev–Trinajstić information content (AvgIpc) is 3.11. The summed E-state index contributed by atoms with van der Waals surface area (Å²) < 4.78 is 7.51. The molecule has 0 aliphatic carbocycles. The largest absolute Gasteiger partial charge is 0.478 e. The number of aliphatic carboxylic acids is 1. The van der Waals surface area contributed by atoms with Crippen molar-refractivity contribution < 1.29 is 14.6 Å². The molecule has 3 heterocycles. The minimum Gasteiger partial charge on any atom is -0.478 e. The van der Waals surface area contributed by atoms with E-state index in [9.17, 15) is 4.79 Å². The van der Waals surface area contributed by atoms with E-state index in [2.05, 4.69) is 4.98 Å². The maximum atomic E-state index is 10.7. The van der Waals surface area contributed by atoms with E-state index < -0.39 is 5.97 Å². The van der Waals surface area contributed by atoms with Gasteiger partial charge in [-0.25, -0.2) is 4.79 Å². The lowest BCUT2D eigenvalue weighted by atomic mass is 10.4. The number of hydrogen-bond acceptors (Lipinski definition) is 5. The van der Waals surface area contributed by atoms with Crippen molar-refractivity contribution in [2.45, 2.75) is 6.61 Å². The number of carboxylic acid groups (broad SMARTS) is 1. The third-order valence-corrected chi connectivity index (χ3v) is 4.19. The van der Waals surface area contributed by atoms with Gasteiger partial charge in [-0.3, -0.25) is 4.40 Å². The number of thiophene rings is 1. The second kappa shape index (κ2) is 5.48. The zero-order valence-corrected chi connectivity index (χ0v) is 11.9. The summed E-state index contributed by atoms with van der Waals surface area (Å²) in [5, 5.41) is 12.6. The van der Waals surface area contributed by atoms with Gasteiger partial charge in [-0.15, -0.1) is 22.7 Å². The summed E-state index contributed by atoms with van der Waals surface area (Å²) in [6, 6.07) is 3.94. The first kappa shape index (κ1) is 12.9. The van der Waals surface area contributed by atoms with Crippen LogP contribution in [0.2, 0.25) is 0 Å². The molecule has 5 nitrogen and oxygen atoms in total. The Morgan fingerprint density at radius 2 is 2.35 bits per heavy atom. The fourth-order valence-electron chi connectivity index (χ4n) is 1.73. The molecule has 0 radical (unpaired) electrons. The second-order valence-corrected chi connectivity index (χ2v) is 5.80. The van der Waals surface area contributed by atoms with Gasteiger partial charge in [0.15, 0.2) is 4.96 Å². The van der Waals surface area contributed by atoms with Gasteiger partial charge >= 0.3 is 5.97 Å². The topological polar surface area (TPSA) is 63.8 Å². The number of ether oxygens (including phenoxy) is 1. The van der Waals surface area contributed by atoms with Crippen molar-refractivity contribution >= 4 is 39.7 Å². The standard InChI is InChI=1S/C13H10N2O3S2/c16-11(17)4-3-10-12(14-13-15(10)5-7-20-13)18-8-9-2-1-6-19-9/h1-7H,8H2,(H,16,17). The number of aromatic nitrogens is 2. The molecular formula is C13H10N2O3S2. The van der Waals surface area contributed by atoms with Gasteiger partial charge in [-0.2, -0.15) is 4.98 Å². The van der Waals surface area contributed by atoms with Crippen molar-refractivity contribution in [3.63, 3.8) is 0 Å². The number of rotatable bonds is 5. The summed E-state index contributed by atoms with van der Waals surface area (Å²) in [6.07, 6.45) is 4.42. The number of nitrogens with zero attached hydrogens (tertiary/aromatic N) is 2. The molecule has 0 saturated carbocycles. The monoisotopic (exact) mass is 306 g/mol. The summed E-state index contributed by atoms with van der Waals surface area (Å²) >= 11 is 3.08. The first-order valence-corrected chi connectivity index (χ1v) is 7.52. The highest BCUT2D eigenvalue weighted by molar-refractivity contribution is 7.15. The van der Waals surface area contributed by atoms with Crippen molar-refractivity contribution in [3.8, 4) is 5.88 Å².